The summed E-state index contributed by atoms with van der Waals surface area (Å²) in [6, 6.07) is 6.03. The molecule has 90 valence electrons. The van der Waals surface area contributed by atoms with Crippen molar-refractivity contribution >= 4 is 0 Å². The molecule has 0 aliphatic heterocycles. The fourth-order valence-electron chi connectivity index (χ4n) is 1.86. The smallest absolute Gasteiger partial charge is 0.158 e. The van der Waals surface area contributed by atoms with Crippen molar-refractivity contribution in [1.82, 2.24) is 14.8 Å². The van der Waals surface area contributed by atoms with E-state index < -0.39 is 0 Å². The molecule has 0 saturated carbocycles. The first kappa shape index (κ1) is 11.8. The number of aryl methyl sites for hydroxylation is 2. The van der Waals surface area contributed by atoms with Gasteiger partial charge in [-0.3, -0.25) is 0 Å². The van der Waals surface area contributed by atoms with Crippen LogP contribution in [0.25, 0.3) is 5.82 Å². The van der Waals surface area contributed by atoms with Crippen LogP contribution in [0, 0.1) is 0 Å². The van der Waals surface area contributed by atoms with Crippen LogP contribution in [0.15, 0.2) is 24.4 Å². The zero-order chi connectivity index (χ0) is 12.3. The van der Waals surface area contributed by atoms with Gasteiger partial charge in [-0.2, -0.15) is 5.10 Å². The highest BCUT2D eigenvalue weighted by atomic mass is 15.3. The molecular formula is C13H18N4. The minimum Gasteiger partial charge on any atom is -0.326 e. The SMILES string of the molecule is CCc1cc(CC)n(-c2ncccc2CN)n1. The van der Waals surface area contributed by atoms with Crippen LogP contribution in [0.1, 0.15) is 30.8 Å². The highest BCUT2D eigenvalue weighted by molar-refractivity contribution is 5.35. The fraction of sp³-hybridized carbons (Fsp3) is 0.385. The quantitative estimate of drug-likeness (QED) is 0.872. The molecule has 2 aromatic heterocycles. The van der Waals surface area contributed by atoms with Gasteiger partial charge in [0.05, 0.1) is 5.69 Å². The first-order valence-corrected chi connectivity index (χ1v) is 6.02. The largest absolute Gasteiger partial charge is 0.326 e. The van der Waals surface area contributed by atoms with Gasteiger partial charge in [-0.1, -0.05) is 19.9 Å². The van der Waals surface area contributed by atoms with Crippen LogP contribution in [0.4, 0.5) is 0 Å². The monoisotopic (exact) mass is 230 g/mol. The van der Waals surface area contributed by atoms with E-state index in [4.69, 9.17) is 5.73 Å². The molecule has 0 atom stereocenters. The Morgan fingerprint density at radius 1 is 1.29 bits per heavy atom. The van der Waals surface area contributed by atoms with E-state index in [9.17, 15) is 0 Å². The summed E-state index contributed by atoms with van der Waals surface area (Å²) in [5.74, 6) is 0.853. The minimum atomic E-state index is 0.480. The van der Waals surface area contributed by atoms with Crippen LogP contribution < -0.4 is 5.73 Å². The van der Waals surface area contributed by atoms with Crippen molar-refractivity contribution < 1.29 is 0 Å². The predicted octanol–water partition coefficient (Wildman–Crippen LogP) is 1.85. The van der Waals surface area contributed by atoms with E-state index in [0.29, 0.717) is 6.54 Å². The van der Waals surface area contributed by atoms with Gasteiger partial charge in [-0.05, 0) is 25.0 Å². The molecule has 0 aromatic carbocycles. The number of aromatic nitrogens is 3. The predicted molar refractivity (Wildman–Crippen MR) is 68.0 cm³/mol. The lowest BCUT2D eigenvalue weighted by molar-refractivity contribution is 0.759. The molecule has 0 saturated heterocycles. The highest BCUT2D eigenvalue weighted by Gasteiger charge is 2.11. The van der Waals surface area contributed by atoms with Gasteiger partial charge in [0.1, 0.15) is 0 Å². The second-order valence-corrected chi connectivity index (χ2v) is 3.94. The van der Waals surface area contributed by atoms with E-state index in [-0.39, 0.29) is 0 Å². The molecule has 17 heavy (non-hydrogen) atoms. The van der Waals surface area contributed by atoms with Gasteiger partial charge >= 0.3 is 0 Å². The van der Waals surface area contributed by atoms with Gasteiger partial charge in [-0.25, -0.2) is 9.67 Å². The Morgan fingerprint density at radius 2 is 2.12 bits per heavy atom. The third-order valence-corrected chi connectivity index (χ3v) is 2.85. The van der Waals surface area contributed by atoms with Gasteiger partial charge in [0.25, 0.3) is 0 Å². The summed E-state index contributed by atoms with van der Waals surface area (Å²) in [5, 5.41) is 4.58. The summed E-state index contributed by atoms with van der Waals surface area (Å²) in [7, 11) is 0. The Hall–Kier alpha value is -1.68. The number of nitrogens with two attached hydrogens (primary N) is 1. The van der Waals surface area contributed by atoms with Crippen LogP contribution in [-0.2, 0) is 19.4 Å². The van der Waals surface area contributed by atoms with Crippen molar-refractivity contribution in [2.24, 2.45) is 5.73 Å². The van der Waals surface area contributed by atoms with Crippen molar-refractivity contribution in [3.8, 4) is 5.82 Å². The topological polar surface area (TPSA) is 56.7 Å². The van der Waals surface area contributed by atoms with E-state index in [1.54, 1.807) is 6.20 Å². The molecule has 2 heterocycles. The average Bonchev–Trinajstić information content (AvgIpc) is 2.81. The Kier molecular flexibility index (Phi) is 3.54. The summed E-state index contributed by atoms with van der Waals surface area (Å²) in [6.07, 6.45) is 3.65. The standard InChI is InChI=1S/C13H18N4/c1-3-11-8-12(4-2)17(16-11)13-10(9-14)6-5-7-15-13/h5-8H,3-4,9,14H2,1-2H3. The lowest BCUT2D eigenvalue weighted by Crippen LogP contribution is -2.10. The second kappa shape index (κ2) is 5.10. The number of rotatable bonds is 4. The van der Waals surface area contributed by atoms with Crippen molar-refractivity contribution in [2.45, 2.75) is 33.2 Å². The first-order valence-electron chi connectivity index (χ1n) is 6.02. The van der Waals surface area contributed by atoms with Crippen molar-refractivity contribution in [3.63, 3.8) is 0 Å². The van der Waals surface area contributed by atoms with Gasteiger partial charge in [0.15, 0.2) is 5.82 Å². The van der Waals surface area contributed by atoms with Crippen molar-refractivity contribution in [1.29, 1.82) is 0 Å². The van der Waals surface area contributed by atoms with Crippen LogP contribution in [0.5, 0.6) is 0 Å². The first-order chi connectivity index (χ1) is 8.30. The normalized spacial score (nSPS) is 10.8. The summed E-state index contributed by atoms with van der Waals surface area (Å²) in [6.45, 7) is 4.71. The van der Waals surface area contributed by atoms with E-state index in [0.717, 1.165) is 29.9 Å². The lowest BCUT2D eigenvalue weighted by Gasteiger charge is -2.08. The Balaban J connectivity index is 2.54. The Bertz CT molecular complexity index is 502. The van der Waals surface area contributed by atoms with Crippen molar-refractivity contribution in [3.05, 3.63) is 41.3 Å². The van der Waals surface area contributed by atoms with E-state index in [2.05, 4.69) is 30.0 Å². The molecule has 2 rings (SSSR count). The third kappa shape index (κ3) is 2.22. The second-order valence-electron chi connectivity index (χ2n) is 3.94. The average molecular weight is 230 g/mol. The molecule has 0 unspecified atom stereocenters. The lowest BCUT2D eigenvalue weighted by atomic mass is 10.2. The van der Waals surface area contributed by atoms with Crippen LogP contribution >= 0.6 is 0 Å². The molecule has 0 bridgehead atoms. The summed E-state index contributed by atoms with van der Waals surface area (Å²) in [4.78, 5) is 4.40. The van der Waals surface area contributed by atoms with Gasteiger partial charge in [0, 0.05) is 24.0 Å². The molecule has 0 spiro atoms. The number of hydrogen-bond acceptors (Lipinski definition) is 3. The van der Waals surface area contributed by atoms with Crippen LogP contribution in [0.3, 0.4) is 0 Å². The molecule has 2 N–H and O–H groups in total. The number of nitrogens with zero attached hydrogens (tertiary/aromatic N) is 3. The summed E-state index contributed by atoms with van der Waals surface area (Å²) in [5.41, 5.74) is 9.03. The molecular weight excluding hydrogens is 212 g/mol. The van der Waals surface area contributed by atoms with Crippen molar-refractivity contribution in [2.75, 3.05) is 0 Å². The molecule has 4 nitrogen and oxygen atoms in total. The van der Waals surface area contributed by atoms with Gasteiger partial charge in [-0.15, -0.1) is 0 Å². The zero-order valence-corrected chi connectivity index (χ0v) is 10.3. The molecule has 2 aromatic rings. The maximum absolute atomic E-state index is 5.74. The zero-order valence-electron chi connectivity index (χ0n) is 10.3. The minimum absolute atomic E-state index is 0.480. The molecule has 0 fully saturated rings. The van der Waals surface area contributed by atoms with E-state index in [1.807, 2.05) is 16.8 Å². The Labute approximate surface area is 101 Å². The third-order valence-electron chi connectivity index (χ3n) is 2.85. The molecule has 0 amide bonds. The van der Waals surface area contributed by atoms with Crippen LogP contribution in [0.2, 0.25) is 0 Å². The molecule has 0 radical (unpaired) electrons. The van der Waals surface area contributed by atoms with Crippen LogP contribution in [-0.4, -0.2) is 14.8 Å². The summed E-state index contributed by atoms with van der Waals surface area (Å²) >= 11 is 0. The summed E-state index contributed by atoms with van der Waals surface area (Å²) < 4.78 is 1.92. The van der Waals surface area contributed by atoms with Gasteiger partial charge in [0.2, 0.25) is 0 Å². The molecule has 0 aliphatic rings. The maximum Gasteiger partial charge on any atom is 0.158 e. The van der Waals surface area contributed by atoms with Gasteiger partial charge < -0.3 is 5.73 Å². The number of hydrogen-bond donors (Lipinski definition) is 1. The fourth-order valence-corrected chi connectivity index (χ4v) is 1.86. The molecule has 0 aliphatic carbocycles. The number of pyridine rings is 1. The van der Waals surface area contributed by atoms with E-state index >= 15 is 0 Å². The Morgan fingerprint density at radius 3 is 2.76 bits per heavy atom. The maximum atomic E-state index is 5.74. The highest BCUT2D eigenvalue weighted by Crippen LogP contribution is 2.15. The van der Waals surface area contributed by atoms with E-state index in [1.165, 1.54) is 5.69 Å². The molecule has 4 heteroatoms.